The largest absolute Gasteiger partial charge is 0.388 e. The zero-order valence-corrected chi connectivity index (χ0v) is 10.5. The van der Waals surface area contributed by atoms with E-state index in [-0.39, 0.29) is 6.61 Å². The van der Waals surface area contributed by atoms with Crippen molar-refractivity contribution in [2.24, 2.45) is 5.92 Å². The van der Waals surface area contributed by atoms with Gasteiger partial charge >= 0.3 is 0 Å². The summed E-state index contributed by atoms with van der Waals surface area (Å²) in [4.78, 5) is 0. The predicted octanol–water partition coefficient (Wildman–Crippen LogP) is 1.18. The molecule has 0 bridgehead atoms. The van der Waals surface area contributed by atoms with Gasteiger partial charge in [0.05, 0.1) is 6.61 Å². The van der Waals surface area contributed by atoms with E-state index in [0.717, 1.165) is 5.82 Å². The molecule has 0 fully saturated rings. The number of hydrogen-bond donors (Lipinski definition) is 1. The lowest BCUT2D eigenvalue weighted by molar-refractivity contribution is 0.180. The highest BCUT2D eigenvalue weighted by atomic mass is 16.5. The smallest absolute Gasteiger partial charge is 0.158 e. The van der Waals surface area contributed by atoms with Crippen LogP contribution < -0.4 is 0 Å². The fourth-order valence-corrected chi connectivity index (χ4v) is 1.53. The fourth-order valence-electron chi connectivity index (χ4n) is 1.53. The van der Waals surface area contributed by atoms with E-state index in [4.69, 9.17) is 4.74 Å². The van der Waals surface area contributed by atoms with E-state index in [1.54, 1.807) is 7.11 Å². The van der Waals surface area contributed by atoms with Crippen molar-refractivity contribution in [3.8, 4) is 0 Å². The molecule has 0 aliphatic rings. The highest BCUT2D eigenvalue weighted by molar-refractivity contribution is 5.01. The minimum absolute atomic E-state index is 0.0818. The van der Waals surface area contributed by atoms with Crippen LogP contribution in [0.5, 0.6) is 0 Å². The van der Waals surface area contributed by atoms with Crippen LogP contribution in [-0.2, 0) is 17.9 Å². The van der Waals surface area contributed by atoms with Crippen LogP contribution in [0.25, 0.3) is 0 Å². The van der Waals surface area contributed by atoms with Gasteiger partial charge in [-0.05, 0) is 5.92 Å². The molecule has 16 heavy (non-hydrogen) atoms. The van der Waals surface area contributed by atoms with Crippen LogP contribution in [0, 0.1) is 5.92 Å². The van der Waals surface area contributed by atoms with Crippen LogP contribution in [-0.4, -0.2) is 33.6 Å². The summed E-state index contributed by atoms with van der Waals surface area (Å²) in [5.74, 6) is 2.36. The standard InChI is InChI=1S/C11H21N3O2/c1-8(2)9(3)11-13-12-10(7-15)14(11)5-6-16-4/h8-9,15H,5-7H2,1-4H3. The number of rotatable bonds is 6. The molecular formula is C11H21N3O2. The van der Waals surface area contributed by atoms with Crippen LogP contribution in [0.15, 0.2) is 0 Å². The lowest BCUT2D eigenvalue weighted by Crippen LogP contribution is -2.15. The van der Waals surface area contributed by atoms with Crippen molar-refractivity contribution in [3.63, 3.8) is 0 Å². The van der Waals surface area contributed by atoms with Crippen molar-refractivity contribution in [2.75, 3.05) is 13.7 Å². The summed E-state index contributed by atoms with van der Waals surface area (Å²) in [6.07, 6.45) is 0. The first-order valence-electron chi connectivity index (χ1n) is 5.63. The van der Waals surface area contributed by atoms with Gasteiger partial charge in [0.15, 0.2) is 5.82 Å². The van der Waals surface area contributed by atoms with Gasteiger partial charge in [0.1, 0.15) is 12.4 Å². The topological polar surface area (TPSA) is 60.2 Å². The van der Waals surface area contributed by atoms with Gasteiger partial charge in [0, 0.05) is 19.6 Å². The molecule has 0 saturated heterocycles. The third kappa shape index (κ3) is 2.80. The maximum absolute atomic E-state index is 9.19. The van der Waals surface area contributed by atoms with Crippen molar-refractivity contribution >= 4 is 0 Å². The van der Waals surface area contributed by atoms with Crippen LogP contribution in [0.4, 0.5) is 0 Å². The normalized spacial score (nSPS) is 13.4. The van der Waals surface area contributed by atoms with Gasteiger partial charge < -0.3 is 14.4 Å². The number of ether oxygens (including phenoxy) is 1. The first-order valence-corrected chi connectivity index (χ1v) is 5.63. The van der Waals surface area contributed by atoms with Gasteiger partial charge in [0.2, 0.25) is 0 Å². The van der Waals surface area contributed by atoms with Crippen molar-refractivity contribution in [1.29, 1.82) is 0 Å². The molecule has 5 nitrogen and oxygen atoms in total. The van der Waals surface area contributed by atoms with Crippen molar-refractivity contribution in [3.05, 3.63) is 11.6 Å². The minimum atomic E-state index is -0.0818. The first-order chi connectivity index (χ1) is 7.61. The summed E-state index contributed by atoms with van der Waals surface area (Å²) in [5.41, 5.74) is 0. The SMILES string of the molecule is COCCn1c(CO)nnc1C(C)C(C)C. The molecule has 0 radical (unpaired) electrons. The summed E-state index contributed by atoms with van der Waals surface area (Å²) >= 11 is 0. The van der Waals surface area contributed by atoms with Crippen molar-refractivity contribution in [2.45, 2.75) is 39.8 Å². The summed E-state index contributed by atoms with van der Waals surface area (Å²) in [6, 6.07) is 0. The first kappa shape index (κ1) is 13.1. The molecule has 0 amide bonds. The number of hydrogen-bond acceptors (Lipinski definition) is 4. The van der Waals surface area contributed by atoms with E-state index in [1.165, 1.54) is 0 Å². The number of methoxy groups -OCH3 is 1. The summed E-state index contributed by atoms with van der Waals surface area (Å²) < 4.78 is 7.00. The van der Waals surface area contributed by atoms with Crippen molar-refractivity contribution < 1.29 is 9.84 Å². The molecule has 1 heterocycles. The average molecular weight is 227 g/mol. The maximum Gasteiger partial charge on any atom is 0.158 e. The Labute approximate surface area is 96.5 Å². The summed E-state index contributed by atoms with van der Waals surface area (Å²) in [5, 5.41) is 17.3. The zero-order valence-electron chi connectivity index (χ0n) is 10.5. The zero-order chi connectivity index (χ0) is 12.1. The van der Waals surface area contributed by atoms with E-state index in [2.05, 4.69) is 31.0 Å². The molecule has 1 unspecified atom stereocenters. The average Bonchev–Trinajstić information content (AvgIpc) is 2.67. The van der Waals surface area contributed by atoms with Crippen LogP contribution in [0.1, 0.15) is 38.3 Å². The van der Waals surface area contributed by atoms with Crippen LogP contribution >= 0.6 is 0 Å². The molecule has 0 aliphatic heterocycles. The van der Waals surface area contributed by atoms with Gasteiger partial charge in [-0.2, -0.15) is 0 Å². The third-order valence-corrected chi connectivity index (χ3v) is 2.92. The van der Waals surface area contributed by atoms with E-state index in [0.29, 0.717) is 30.8 Å². The van der Waals surface area contributed by atoms with Crippen molar-refractivity contribution in [1.82, 2.24) is 14.8 Å². The molecule has 1 aromatic heterocycles. The lowest BCUT2D eigenvalue weighted by Gasteiger charge is -2.16. The van der Waals surface area contributed by atoms with Gasteiger partial charge in [-0.25, -0.2) is 0 Å². The highest BCUT2D eigenvalue weighted by Gasteiger charge is 2.19. The monoisotopic (exact) mass is 227 g/mol. The fraction of sp³-hybridized carbons (Fsp3) is 0.818. The Kier molecular flexibility index (Phi) is 4.89. The van der Waals surface area contributed by atoms with E-state index in [9.17, 15) is 5.11 Å². The Morgan fingerprint density at radius 3 is 2.50 bits per heavy atom. The van der Waals surface area contributed by atoms with Crippen LogP contribution in [0.2, 0.25) is 0 Å². The Bertz CT molecular complexity index is 323. The number of aromatic nitrogens is 3. The van der Waals surface area contributed by atoms with E-state index >= 15 is 0 Å². The molecule has 1 rings (SSSR count). The molecule has 92 valence electrons. The second-order valence-electron chi connectivity index (χ2n) is 4.31. The molecular weight excluding hydrogens is 206 g/mol. The lowest BCUT2D eigenvalue weighted by atomic mass is 9.97. The Hall–Kier alpha value is -0.940. The van der Waals surface area contributed by atoms with Crippen LogP contribution in [0.3, 0.4) is 0 Å². The molecule has 1 N–H and O–H groups in total. The number of nitrogens with zero attached hydrogens (tertiary/aromatic N) is 3. The molecule has 1 aromatic rings. The Morgan fingerprint density at radius 2 is 2.00 bits per heavy atom. The Morgan fingerprint density at radius 1 is 1.31 bits per heavy atom. The number of aliphatic hydroxyl groups is 1. The molecule has 5 heteroatoms. The minimum Gasteiger partial charge on any atom is -0.388 e. The molecule has 1 atom stereocenters. The molecule has 0 aliphatic carbocycles. The van der Waals surface area contributed by atoms with E-state index < -0.39 is 0 Å². The maximum atomic E-state index is 9.19. The summed E-state index contributed by atoms with van der Waals surface area (Å²) in [6.45, 7) is 7.63. The third-order valence-electron chi connectivity index (χ3n) is 2.92. The molecule has 0 saturated carbocycles. The van der Waals surface area contributed by atoms with Gasteiger partial charge in [-0.15, -0.1) is 10.2 Å². The Balaban J connectivity index is 2.94. The van der Waals surface area contributed by atoms with E-state index in [1.807, 2.05) is 4.57 Å². The second-order valence-corrected chi connectivity index (χ2v) is 4.31. The summed E-state index contributed by atoms with van der Waals surface area (Å²) in [7, 11) is 1.66. The highest BCUT2D eigenvalue weighted by Crippen LogP contribution is 2.22. The molecule has 0 spiro atoms. The van der Waals surface area contributed by atoms with Gasteiger partial charge in [-0.3, -0.25) is 0 Å². The number of aliphatic hydroxyl groups excluding tert-OH is 1. The van der Waals surface area contributed by atoms with Gasteiger partial charge in [0.25, 0.3) is 0 Å². The second kappa shape index (κ2) is 5.96. The molecule has 0 aromatic carbocycles. The quantitative estimate of drug-likeness (QED) is 0.792. The predicted molar refractivity (Wildman–Crippen MR) is 61.1 cm³/mol. The van der Waals surface area contributed by atoms with Gasteiger partial charge in [-0.1, -0.05) is 20.8 Å².